The second-order valence-electron chi connectivity index (χ2n) is 5.23. The van der Waals surface area contributed by atoms with E-state index in [0.717, 1.165) is 10.8 Å². The summed E-state index contributed by atoms with van der Waals surface area (Å²) in [6.07, 6.45) is 4.86. The Morgan fingerprint density at radius 2 is 1.91 bits per heavy atom. The van der Waals surface area contributed by atoms with E-state index in [2.05, 4.69) is 20.8 Å². The first-order valence-corrected chi connectivity index (χ1v) is 8.11. The fraction of sp³-hybridized carbons (Fsp3) is 0.400. The number of anilines is 2. The number of nitrogens with zero attached hydrogens (tertiary/aromatic N) is 2. The molecule has 2 amide bonds. The molecule has 0 spiro atoms. The van der Waals surface area contributed by atoms with E-state index < -0.39 is 0 Å². The number of methoxy groups -OCH3 is 1. The first-order valence-electron chi connectivity index (χ1n) is 7.30. The van der Waals surface area contributed by atoms with E-state index >= 15 is 0 Å². The van der Waals surface area contributed by atoms with Crippen LogP contribution in [0.15, 0.2) is 24.3 Å². The predicted molar refractivity (Wildman–Crippen MR) is 86.8 cm³/mol. The van der Waals surface area contributed by atoms with Crippen LogP contribution in [-0.4, -0.2) is 23.3 Å². The van der Waals surface area contributed by atoms with E-state index in [0.29, 0.717) is 16.7 Å². The van der Waals surface area contributed by atoms with E-state index in [1.165, 1.54) is 37.0 Å². The van der Waals surface area contributed by atoms with Crippen molar-refractivity contribution in [2.24, 2.45) is 0 Å². The van der Waals surface area contributed by atoms with Crippen LogP contribution in [0.25, 0.3) is 0 Å². The lowest BCUT2D eigenvalue weighted by Crippen LogP contribution is -2.19. The second kappa shape index (κ2) is 6.74. The summed E-state index contributed by atoms with van der Waals surface area (Å²) in [6.45, 7) is 0. The summed E-state index contributed by atoms with van der Waals surface area (Å²) in [5.41, 5.74) is 0.693. The summed E-state index contributed by atoms with van der Waals surface area (Å²) in [4.78, 5) is 12.0. The third-order valence-corrected chi connectivity index (χ3v) is 4.71. The minimum atomic E-state index is -0.320. The fourth-order valence-corrected chi connectivity index (χ4v) is 3.46. The highest BCUT2D eigenvalue weighted by atomic mass is 32.1. The largest absolute Gasteiger partial charge is 0.497 e. The first-order chi connectivity index (χ1) is 10.7. The highest BCUT2D eigenvalue weighted by Crippen LogP contribution is 2.36. The van der Waals surface area contributed by atoms with Gasteiger partial charge in [-0.25, -0.2) is 4.79 Å². The molecule has 0 unspecified atom stereocenters. The third kappa shape index (κ3) is 3.54. The summed E-state index contributed by atoms with van der Waals surface area (Å²) in [5.74, 6) is 1.26. The zero-order valence-electron chi connectivity index (χ0n) is 12.3. The Balaban J connectivity index is 1.56. The van der Waals surface area contributed by atoms with Gasteiger partial charge < -0.3 is 10.1 Å². The van der Waals surface area contributed by atoms with Crippen molar-refractivity contribution in [1.82, 2.24) is 10.2 Å². The summed E-state index contributed by atoms with van der Waals surface area (Å²) in [5, 5.41) is 15.3. The molecular formula is C15H18N4O2S. The molecule has 1 aromatic carbocycles. The summed E-state index contributed by atoms with van der Waals surface area (Å²) in [6, 6.07) is 6.82. The molecule has 1 aliphatic carbocycles. The Kier molecular flexibility index (Phi) is 4.53. The molecular weight excluding hydrogens is 300 g/mol. The average Bonchev–Trinajstić information content (AvgIpc) is 3.19. The van der Waals surface area contributed by atoms with Gasteiger partial charge in [0.25, 0.3) is 0 Å². The van der Waals surface area contributed by atoms with Crippen molar-refractivity contribution in [2.75, 3.05) is 17.7 Å². The third-order valence-electron chi connectivity index (χ3n) is 3.71. The molecule has 0 radical (unpaired) electrons. The number of rotatable bonds is 4. The number of aromatic nitrogens is 2. The molecule has 1 heterocycles. The lowest BCUT2D eigenvalue weighted by molar-refractivity contribution is 0.262. The normalized spacial score (nSPS) is 14.8. The lowest BCUT2D eigenvalue weighted by Gasteiger charge is -2.06. The number of hydrogen-bond acceptors (Lipinski definition) is 5. The van der Waals surface area contributed by atoms with Crippen LogP contribution in [0.3, 0.4) is 0 Å². The number of ether oxygens (including phenoxy) is 1. The smallest absolute Gasteiger partial charge is 0.325 e. The predicted octanol–water partition coefficient (Wildman–Crippen LogP) is 3.85. The molecule has 1 aliphatic rings. The molecule has 2 aromatic rings. The highest BCUT2D eigenvalue weighted by Gasteiger charge is 2.21. The van der Waals surface area contributed by atoms with Crippen LogP contribution in [0.5, 0.6) is 5.75 Å². The van der Waals surface area contributed by atoms with Crippen molar-refractivity contribution < 1.29 is 9.53 Å². The van der Waals surface area contributed by atoms with Crippen molar-refractivity contribution in [3.05, 3.63) is 29.3 Å². The van der Waals surface area contributed by atoms with Crippen LogP contribution < -0.4 is 15.4 Å². The van der Waals surface area contributed by atoms with Crippen LogP contribution in [0.1, 0.15) is 36.6 Å². The Hall–Kier alpha value is -2.15. The number of carbonyl (C=O) groups excluding carboxylic acids is 1. The van der Waals surface area contributed by atoms with Gasteiger partial charge in [0.2, 0.25) is 5.13 Å². The topological polar surface area (TPSA) is 76.1 Å². The standard InChI is InChI=1S/C15H18N4O2S/c1-21-12-8-6-11(7-9-12)16-14(20)17-15-19-18-13(22-15)10-4-2-3-5-10/h6-10H,2-5H2,1H3,(H2,16,17,19,20). The average molecular weight is 318 g/mol. The molecule has 0 bridgehead atoms. The molecule has 116 valence electrons. The molecule has 1 saturated carbocycles. The Labute approximate surface area is 132 Å². The molecule has 0 saturated heterocycles. The minimum absolute atomic E-state index is 0.320. The van der Waals surface area contributed by atoms with Gasteiger partial charge in [0, 0.05) is 11.6 Å². The van der Waals surface area contributed by atoms with Crippen LogP contribution >= 0.6 is 11.3 Å². The molecule has 2 N–H and O–H groups in total. The number of amides is 2. The van der Waals surface area contributed by atoms with Crippen LogP contribution in [0, 0.1) is 0 Å². The van der Waals surface area contributed by atoms with E-state index in [4.69, 9.17) is 4.74 Å². The number of urea groups is 1. The number of benzene rings is 1. The molecule has 22 heavy (non-hydrogen) atoms. The van der Waals surface area contributed by atoms with Gasteiger partial charge in [-0.1, -0.05) is 24.2 Å². The molecule has 1 fully saturated rings. The van der Waals surface area contributed by atoms with E-state index in [1.54, 1.807) is 31.4 Å². The number of nitrogens with one attached hydrogen (secondary N) is 2. The van der Waals surface area contributed by atoms with Crippen molar-refractivity contribution in [3.8, 4) is 5.75 Å². The Morgan fingerprint density at radius 3 is 2.59 bits per heavy atom. The molecule has 6 nitrogen and oxygen atoms in total. The molecule has 0 aliphatic heterocycles. The SMILES string of the molecule is COc1ccc(NC(=O)Nc2nnc(C3CCCC3)s2)cc1. The van der Waals surface area contributed by atoms with Gasteiger partial charge in [0.1, 0.15) is 10.8 Å². The van der Waals surface area contributed by atoms with Crippen molar-refractivity contribution in [2.45, 2.75) is 31.6 Å². The van der Waals surface area contributed by atoms with Crippen LogP contribution in [0.4, 0.5) is 15.6 Å². The van der Waals surface area contributed by atoms with E-state index in [9.17, 15) is 4.79 Å². The summed E-state index contributed by atoms with van der Waals surface area (Å²) in [7, 11) is 1.60. The zero-order chi connectivity index (χ0) is 15.4. The monoisotopic (exact) mass is 318 g/mol. The first kappa shape index (κ1) is 14.8. The maximum atomic E-state index is 12.0. The highest BCUT2D eigenvalue weighted by molar-refractivity contribution is 7.15. The van der Waals surface area contributed by atoms with E-state index in [1.807, 2.05) is 0 Å². The fourth-order valence-electron chi connectivity index (χ4n) is 2.56. The molecule has 7 heteroatoms. The van der Waals surface area contributed by atoms with Crippen LogP contribution in [0.2, 0.25) is 0 Å². The zero-order valence-corrected chi connectivity index (χ0v) is 13.2. The van der Waals surface area contributed by atoms with Gasteiger partial charge >= 0.3 is 6.03 Å². The summed E-state index contributed by atoms with van der Waals surface area (Å²) < 4.78 is 5.08. The van der Waals surface area contributed by atoms with Gasteiger partial charge in [-0.2, -0.15) is 0 Å². The van der Waals surface area contributed by atoms with Crippen molar-refractivity contribution in [3.63, 3.8) is 0 Å². The maximum absolute atomic E-state index is 12.0. The van der Waals surface area contributed by atoms with Gasteiger partial charge in [-0.05, 0) is 37.1 Å². The van der Waals surface area contributed by atoms with E-state index in [-0.39, 0.29) is 6.03 Å². The van der Waals surface area contributed by atoms with Crippen LogP contribution in [-0.2, 0) is 0 Å². The number of hydrogen-bond donors (Lipinski definition) is 2. The van der Waals surface area contributed by atoms with Gasteiger partial charge in [-0.15, -0.1) is 10.2 Å². The minimum Gasteiger partial charge on any atom is -0.497 e. The second-order valence-corrected chi connectivity index (χ2v) is 6.24. The van der Waals surface area contributed by atoms with Crippen molar-refractivity contribution >= 4 is 28.2 Å². The Bertz CT molecular complexity index is 635. The van der Waals surface area contributed by atoms with Gasteiger partial charge in [0.15, 0.2) is 0 Å². The van der Waals surface area contributed by atoms with Gasteiger partial charge in [0.05, 0.1) is 7.11 Å². The van der Waals surface area contributed by atoms with Crippen molar-refractivity contribution in [1.29, 1.82) is 0 Å². The quantitative estimate of drug-likeness (QED) is 0.898. The number of carbonyl (C=O) groups is 1. The molecule has 3 rings (SSSR count). The molecule has 1 aromatic heterocycles. The van der Waals surface area contributed by atoms with Gasteiger partial charge in [-0.3, -0.25) is 5.32 Å². The Morgan fingerprint density at radius 1 is 1.18 bits per heavy atom. The maximum Gasteiger partial charge on any atom is 0.325 e. The summed E-state index contributed by atoms with van der Waals surface area (Å²) >= 11 is 1.46. The molecule has 0 atom stereocenters. The lowest BCUT2D eigenvalue weighted by atomic mass is 10.1.